The molecular weight excluding hydrogens is 240 g/mol. The van der Waals surface area contributed by atoms with Crippen LogP contribution in [0.1, 0.15) is 24.8 Å². The van der Waals surface area contributed by atoms with Gasteiger partial charge in [0.15, 0.2) is 0 Å². The number of carboxylic acid groups (broad SMARTS) is 1. The van der Waals surface area contributed by atoms with Crippen LogP contribution in [0.3, 0.4) is 0 Å². The molecule has 4 heteroatoms. The molecule has 2 aliphatic rings. The van der Waals surface area contributed by atoms with Crippen LogP contribution in [0.4, 0.5) is 0 Å². The number of carboxylic acids is 1. The van der Waals surface area contributed by atoms with Crippen molar-refractivity contribution in [3.8, 4) is 0 Å². The molecule has 2 aliphatic heterocycles. The van der Waals surface area contributed by atoms with E-state index in [0.717, 1.165) is 18.4 Å². The number of carbonyl (C=O) groups is 1. The fourth-order valence-electron chi connectivity index (χ4n) is 3.11. The summed E-state index contributed by atoms with van der Waals surface area (Å²) in [5, 5.41) is 10.2. The largest absolute Gasteiger partial charge is 0.481 e. The first-order chi connectivity index (χ1) is 8.13. The van der Waals surface area contributed by atoms with Gasteiger partial charge in [0.1, 0.15) is 5.41 Å². The Morgan fingerprint density at radius 3 is 2.53 bits per heavy atom. The normalized spacial score (nSPS) is 35.1. The maximum Gasteiger partial charge on any atom is 0.316 e. The Kier molecular flexibility index (Phi) is 2.42. The van der Waals surface area contributed by atoms with Crippen LogP contribution in [0.15, 0.2) is 24.3 Å². The molecule has 3 rings (SSSR count). The second-order valence-electron chi connectivity index (χ2n) is 4.81. The first-order valence-electron chi connectivity index (χ1n) is 5.78. The maximum absolute atomic E-state index is 11.7. The number of hydrogen-bond donors (Lipinski definition) is 1. The molecule has 0 saturated carbocycles. The second kappa shape index (κ2) is 3.72. The van der Waals surface area contributed by atoms with Gasteiger partial charge >= 0.3 is 5.97 Å². The van der Waals surface area contributed by atoms with E-state index in [1.54, 1.807) is 24.3 Å². The highest BCUT2D eigenvalue weighted by atomic mass is 35.5. The fraction of sp³-hybridized carbons (Fsp3) is 0.462. The monoisotopic (exact) mass is 252 g/mol. The van der Waals surface area contributed by atoms with Gasteiger partial charge in [0.05, 0.1) is 12.2 Å². The van der Waals surface area contributed by atoms with Gasteiger partial charge in [-0.25, -0.2) is 0 Å². The van der Waals surface area contributed by atoms with Crippen molar-refractivity contribution in [1.29, 1.82) is 0 Å². The molecule has 90 valence electrons. The lowest BCUT2D eigenvalue weighted by molar-refractivity contribution is -0.146. The summed E-state index contributed by atoms with van der Waals surface area (Å²) in [7, 11) is 0. The highest BCUT2D eigenvalue weighted by molar-refractivity contribution is 6.30. The molecule has 0 amide bonds. The maximum atomic E-state index is 11.7. The van der Waals surface area contributed by atoms with Crippen LogP contribution in [0.2, 0.25) is 5.02 Å². The van der Waals surface area contributed by atoms with Crippen LogP contribution in [0, 0.1) is 0 Å². The zero-order valence-electron chi connectivity index (χ0n) is 9.23. The summed E-state index contributed by atoms with van der Waals surface area (Å²) >= 11 is 5.84. The Morgan fingerprint density at radius 1 is 1.35 bits per heavy atom. The van der Waals surface area contributed by atoms with Gasteiger partial charge in [0, 0.05) is 5.02 Å². The first kappa shape index (κ1) is 11.1. The van der Waals surface area contributed by atoms with Crippen molar-refractivity contribution in [2.75, 3.05) is 0 Å². The second-order valence-corrected chi connectivity index (χ2v) is 5.25. The van der Waals surface area contributed by atoms with E-state index in [4.69, 9.17) is 16.3 Å². The predicted molar refractivity (Wildman–Crippen MR) is 63.3 cm³/mol. The third-order valence-corrected chi connectivity index (χ3v) is 4.20. The van der Waals surface area contributed by atoms with Gasteiger partial charge in [0.25, 0.3) is 0 Å². The molecule has 0 radical (unpaired) electrons. The number of halogens is 1. The van der Waals surface area contributed by atoms with Crippen LogP contribution in [-0.4, -0.2) is 23.3 Å². The lowest BCUT2D eigenvalue weighted by Crippen LogP contribution is -2.44. The number of rotatable bonds is 2. The summed E-state index contributed by atoms with van der Waals surface area (Å²) in [6.07, 6.45) is 2.31. The average Bonchev–Trinajstić information content (AvgIpc) is 2.90. The highest BCUT2D eigenvalue weighted by Gasteiger charge is 2.58. The summed E-state index contributed by atoms with van der Waals surface area (Å²) in [6.45, 7) is 0. The number of fused-ring (bicyclic) bond motifs is 2. The Bertz CT molecular complexity index is 456. The van der Waals surface area contributed by atoms with Crippen molar-refractivity contribution < 1.29 is 14.6 Å². The molecule has 3 nitrogen and oxygen atoms in total. The van der Waals surface area contributed by atoms with Crippen molar-refractivity contribution in [2.45, 2.75) is 36.9 Å². The molecule has 1 aromatic carbocycles. The van der Waals surface area contributed by atoms with Crippen LogP contribution >= 0.6 is 11.6 Å². The molecule has 3 atom stereocenters. The van der Waals surface area contributed by atoms with Gasteiger partial charge in [-0.15, -0.1) is 0 Å². The van der Waals surface area contributed by atoms with E-state index in [2.05, 4.69) is 0 Å². The van der Waals surface area contributed by atoms with Gasteiger partial charge in [-0.2, -0.15) is 0 Å². The minimum atomic E-state index is -0.868. The molecule has 17 heavy (non-hydrogen) atoms. The minimum absolute atomic E-state index is 0.103. The van der Waals surface area contributed by atoms with Crippen LogP contribution in [-0.2, 0) is 14.9 Å². The first-order valence-corrected chi connectivity index (χ1v) is 6.15. The molecule has 1 N–H and O–H groups in total. The van der Waals surface area contributed by atoms with Crippen molar-refractivity contribution in [1.82, 2.24) is 0 Å². The Morgan fingerprint density at radius 2 is 2.06 bits per heavy atom. The number of hydrogen-bond acceptors (Lipinski definition) is 2. The smallest absolute Gasteiger partial charge is 0.316 e. The van der Waals surface area contributed by atoms with Gasteiger partial charge in [-0.3, -0.25) is 4.79 Å². The zero-order valence-corrected chi connectivity index (χ0v) is 9.98. The van der Waals surface area contributed by atoms with E-state index >= 15 is 0 Å². The molecule has 0 aliphatic carbocycles. The summed E-state index contributed by atoms with van der Waals surface area (Å²) in [5.41, 5.74) is -0.0605. The molecule has 2 heterocycles. The van der Waals surface area contributed by atoms with E-state index < -0.39 is 11.4 Å². The predicted octanol–water partition coefficient (Wildman–Crippen LogP) is 2.61. The molecule has 2 bridgehead atoms. The van der Waals surface area contributed by atoms with Crippen LogP contribution < -0.4 is 0 Å². The van der Waals surface area contributed by atoms with Crippen molar-refractivity contribution in [2.24, 2.45) is 0 Å². The summed E-state index contributed by atoms with van der Waals surface area (Å²) in [4.78, 5) is 11.7. The summed E-state index contributed by atoms with van der Waals surface area (Å²) in [6, 6.07) is 7.10. The van der Waals surface area contributed by atoms with Gasteiger partial charge in [0.2, 0.25) is 0 Å². The number of ether oxygens (including phenoxy) is 1. The topological polar surface area (TPSA) is 46.5 Å². The molecule has 2 fully saturated rings. The Labute approximate surface area is 104 Å². The van der Waals surface area contributed by atoms with E-state index in [1.165, 1.54) is 0 Å². The Balaban J connectivity index is 2.07. The minimum Gasteiger partial charge on any atom is -0.481 e. The van der Waals surface area contributed by atoms with Crippen LogP contribution in [0.25, 0.3) is 0 Å². The molecule has 0 aromatic heterocycles. The van der Waals surface area contributed by atoms with E-state index in [9.17, 15) is 9.90 Å². The van der Waals surface area contributed by atoms with Gasteiger partial charge in [-0.05, 0) is 37.0 Å². The fourth-order valence-corrected chi connectivity index (χ4v) is 3.23. The van der Waals surface area contributed by atoms with E-state index in [0.29, 0.717) is 11.4 Å². The lowest BCUT2D eigenvalue weighted by Gasteiger charge is -2.31. The number of benzene rings is 1. The van der Waals surface area contributed by atoms with Gasteiger partial charge in [-0.1, -0.05) is 23.7 Å². The third-order valence-electron chi connectivity index (χ3n) is 3.95. The van der Waals surface area contributed by atoms with Crippen molar-refractivity contribution >= 4 is 17.6 Å². The zero-order chi connectivity index (χ0) is 12.0. The molecule has 2 saturated heterocycles. The molecule has 0 spiro atoms. The molecule has 1 aromatic rings. The summed E-state index contributed by atoms with van der Waals surface area (Å²) < 4.78 is 5.72. The Hall–Kier alpha value is -1.06. The van der Waals surface area contributed by atoms with Crippen molar-refractivity contribution in [3.05, 3.63) is 34.9 Å². The molecule has 3 unspecified atom stereocenters. The average molecular weight is 253 g/mol. The highest BCUT2D eigenvalue weighted by Crippen LogP contribution is 2.49. The van der Waals surface area contributed by atoms with Crippen LogP contribution in [0.5, 0.6) is 0 Å². The van der Waals surface area contributed by atoms with E-state index in [1.807, 2.05) is 0 Å². The van der Waals surface area contributed by atoms with Gasteiger partial charge < -0.3 is 9.84 Å². The van der Waals surface area contributed by atoms with E-state index in [-0.39, 0.29) is 12.2 Å². The number of aliphatic carboxylic acids is 1. The SMILES string of the molecule is O=C(O)C1(c2ccc(Cl)cc2)CC2CCC1O2. The quantitative estimate of drug-likeness (QED) is 0.880. The lowest BCUT2D eigenvalue weighted by atomic mass is 9.69. The molecular formula is C13H13ClO3. The third kappa shape index (κ3) is 1.49. The van der Waals surface area contributed by atoms with Crippen molar-refractivity contribution in [3.63, 3.8) is 0 Å². The standard InChI is InChI=1S/C13H13ClO3/c14-9-3-1-8(2-4-9)13(12(15)16)7-10-5-6-11(13)17-10/h1-4,10-11H,5-7H2,(H,15,16). The summed E-state index contributed by atoms with van der Waals surface area (Å²) in [5.74, 6) is -0.785.